The Labute approximate surface area is 174 Å². The Hall–Kier alpha value is -0.170. The first-order valence-corrected chi connectivity index (χ1v) is 15.3. The zero-order chi connectivity index (χ0) is 24.1. The fourth-order valence-corrected chi connectivity index (χ4v) is 17.6. The van der Waals surface area contributed by atoms with Gasteiger partial charge in [-0.3, -0.25) is 0 Å². The van der Waals surface area contributed by atoms with Crippen LogP contribution in [0.5, 0.6) is 0 Å². The quantitative estimate of drug-likeness (QED) is 0.282. The number of unbranched alkanes of at least 4 members (excludes halogenated alkanes) is 3. The van der Waals surface area contributed by atoms with Gasteiger partial charge in [0, 0.05) is 0 Å². The molecule has 0 aliphatic carbocycles. The molecule has 0 atom stereocenters. The standard InChI is InChI=1S/C15H30F6NO5PS2/c1-4-7-10-28(13-23,11-8-5-2,12-9-6-3)22(29(24,25)14(16,17)18)30(26,27)15(19,20)21/h23H,4-13H2,1-3H3. The Bertz CT molecular complexity index is 699. The molecule has 0 aliphatic heterocycles. The predicted octanol–water partition coefficient (Wildman–Crippen LogP) is 4.81. The van der Waals surface area contributed by atoms with E-state index < -0.39 is 66.1 Å². The van der Waals surface area contributed by atoms with Crippen molar-refractivity contribution in [2.75, 3.05) is 24.8 Å². The molecule has 0 rings (SSSR count). The van der Waals surface area contributed by atoms with E-state index in [0.29, 0.717) is 0 Å². The predicted molar refractivity (Wildman–Crippen MR) is 105 cm³/mol. The number of rotatable bonds is 13. The summed E-state index contributed by atoms with van der Waals surface area (Å²) in [5.41, 5.74) is -12.6. The number of hydrogen-bond acceptors (Lipinski definition) is 5. The molecule has 0 fully saturated rings. The maximum absolute atomic E-state index is 13.5. The first-order chi connectivity index (χ1) is 13.4. The van der Waals surface area contributed by atoms with Crippen molar-refractivity contribution in [3.05, 3.63) is 0 Å². The van der Waals surface area contributed by atoms with Gasteiger partial charge < -0.3 is 0 Å². The third-order valence-electron chi connectivity index (χ3n) is 5.08. The Morgan fingerprint density at radius 3 is 1.13 bits per heavy atom. The van der Waals surface area contributed by atoms with E-state index in [1.165, 1.54) is 0 Å². The van der Waals surface area contributed by atoms with E-state index in [1.807, 2.05) is 0 Å². The number of aliphatic hydroxyl groups excluding tert-OH is 1. The fraction of sp³-hybridized carbons (Fsp3) is 1.00. The Morgan fingerprint density at radius 1 is 0.700 bits per heavy atom. The van der Waals surface area contributed by atoms with Crippen LogP contribution >= 0.6 is 6.75 Å². The molecule has 0 unspecified atom stereocenters. The Kier molecular flexibility index (Phi) is 10.1. The summed E-state index contributed by atoms with van der Waals surface area (Å²) in [6.45, 7) is -0.525. The van der Waals surface area contributed by atoms with Crippen molar-refractivity contribution in [1.29, 1.82) is 0 Å². The molecule has 0 saturated carbocycles. The van der Waals surface area contributed by atoms with Crippen LogP contribution in [0.1, 0.15) is 59.3 Å². The normalized spacial score (nSPS) is 15.9. The molecule has 0 aromatic heterocycles. The Morgan fingerprint density at radius 2 is 0.967 bits per heavy atom. The molecule has 0 spiro atoms. The number of hydrogen-bond donors (Lipinski definition) is 1. The monoisotopic (exact) mass is 513 g/mol. The SMILES string of the molecule is CCCCP(CO)(CCCC)(CCCC)N(S(=O)(=O)C(F)(F)F)S(=O)(=O)C(F)(F)F. The number of alkyl halides is 6. The molecule has 0 radical (unpaired) electrons. The van der Waals surface area contributed by atoms with Crippen LogP contribution in [0.2, 0.25) is 0 Å². The summed E-state index contributed by atoms with van der Waals surface area (Å²) in [5.74, 6) is 0. The second-order valence-electron chi connectivity index (χ2n) is 7.36. The van der Waals surface area contributed by atoms with Gasteiger partial charge in [0.2, 0.25) is 0 Å². The van der Waals surface area contributed by atoms with Crippen molar-refractivity contribution in [2.45, 2.75) is 70.3 Å². The minimum atomic E-state index is -6.98. The van der Waals surface area contributed by atoms with E-state index in [9.17, 15) is 48.3 Å². The van der Waals surface area contributed by atoms with Gasteiger partial charge >= 0.3 is 174 Å². The number of nitrogens with zero attached hydrogens (tertiary/aromatic N) is 1. The van der Waals surface area contributed by atoms with Gasteiger partial charge in [-0.1, -0.05) is 0 Å². The van der Waals surface area contributed by atoms with Crippen LogP contribution in [-0.2, 0) is 20.0 Å². The molecule has 0 amide bonds. The van der Waals surface area contributed by atoms with Crippen LogP contribution < -0.4 is 0 Å². The van der Waals surface area contributed by atoms with Crippen LogP contribution in [0.3, 0.4) is 0 Å². The second-order valence-corrected chi connectivity index (χ2v) is 17.5. The summed E-state index contributed by atoms with van der Waals surface area (Å²) in [4.78, 5) is 0. The molecule has 0 heterocycles. The summed E-state index contributed by atoms with van der Waals surface area (Å²) in [6, 6.07) is 0. The first-order valence-electron chi connectivity index (χ1n) is 9.48. The van der Waals surface area contributed by atoms with E-state index in [-0.39, 0.29) is 38.5 Å². The maximum atomic E-state index is 13.5. The molecular weight excluding hydrogens is 483 g/mol. The van der Waals surface area contributed by atoms with Gasteiger partial charge in [-0.2, -0.15) is 0 Å². The van der Waals surface area contributed by atoms with Gasteiger partial charge in [0.15, 0.2) is 0 Å². The molecular formula is C15H30F6NO5PS2. The number of halogens is 6. The molecule has 30 heavy (non-hydrogen) atoms. The molecule has 0 aromatic carbocycles. The van der Waals surface area contributed by atoms with E-state index in [2.05, 4.69) is 0 Å². The average Bonchev–Trinajstić information content (AvgIpc) is 2.61. The topological polar surface area (TPSA) is 91.8 Å². The second kappa shape index (κ2) is 10.2. The molecule has 0 bridgehead atoms. The zero-order valence-corrected chi connectivity index (χ0v) is 19.7. The van der Waals surface area contributed by atoms with Gasteiger partial charge in [0.05, 0.1) is 0 Å². The van der Waals surface area contributed by atoms with Crippen LogP contribution in [0.15, 0.2) is 0 Å². The summed E-state index contributed by atoms with van der Waals surface area (Å²) in [6.07, 6.45) is -2.40. The van der Waals surface area contributed by atoms with Crippen LogP contribution in [0.25, 0.3) is 0 Å². The molecule has 15 heteroatoms. The van der Waals surface area contributed by atoms with Crippen molar-refractivity contribution in [2.24, 2.45) is 0 Å². The number of sulfonamides is 2. The van der Waals surface area contributed by atoms with Crippen molar-refractivity contribution in [1.82, 2.24) is 3.48 Å². The van der Waals surface area contributed by atoms with Crippen molar-refractivity contribution < 1.29 is 48.3 Å². The van der Waals surface area contributed by atoms with E-state index in [4.69, 9.17) is 0 Å². The van der Waals surface area contributed by atoms with E-state index in [1.54, 1.807) is 20.8 Å². The zero-order valence-electron chi connectivity index (χ0n) is 17.1. The average molecular weight is 514 g/mol. The summed E-state index contributed by atoms with van der Waals surface area (Å²) in [7, 11) is -14.0. The van der Waals surface area contributed by atoms with Crippen LogP contribution in [0, 0.1) is 0 Å². The summed E-state index contributed by atoms with van der Waals surface area (Å²) in [5, 5.41) is 10.3. The molecule has 184 valence electrons. The van der Waals surface area contributed by atoms with Gasteiger partial charge in [-0.25, -0.2) is 0 Å². The first kappa shape index (κ1) is 29.8. The van der Waals surface area contributed by atoms with Crippen molar-refractivity contribution >= 4 is 26.8 Å². The molecule has 0 saturated heterocycles. The molecule has 0 aromatic rings. The summed E-state index contributed by atoms with van der Waals surface area (Å²) < 4.78 is 129. The number of aliphatic hydroxyl groups is 1. The van der Waals surface area contributed by atoms with Crippen LogP contribution in [0.4, 0.5) is 26.3 Å². The molecule has 0 aliphatic rings. The summed E-state index contributed by atoms with van der Waals surface area (Å²) >= 11 is 0. The minimum absolute atomic E-state index is 0.0386. The molecule has 6 nitrogen and oxygen atoms in total. The van der Waals surface area contributed by atoms with Crippen molar-refractivity contribution in [3.63, 3.8) is 0 Å². The van der Waals surface area contributed by atoms with E-state index >= 15 is 0 Å². The Balaban J connectivity index is 7.61. The molecule has 1 N–H and O–H groups in total. The third-order valence-corrected chi connectivity index (χ3v) is 18.4. The fourth-order valence-electron chi connectivity index (χ4n) is 3.45. The van der Waals surface area contributed by atoms with Gasteiger partial charge in [-0.05, 0) is 0 Å². The van der Waals surface area contributed by atoms with Gasteiger partial charge in [0.25, 0.3) is 0 Å². The third kappa shape index (κ3) is 5.60. The van der Waals surface area contributed by atoms with Gasteiger partial charge in [-0.15, -0.1) is 0 Å². The van der Waals surface area contributed by atoms with Crippen molar-refractivity contribution in [3.8, 4) is 0 Å². The van der Waals surface area contributed by atoms with Crippen LogP contribution in [-0.4, -0.2) is 61.3 Å². The van der Waals surface area contributed by atoms with Gasteiger partial charge in [0.1, 0.15) is 0 Å². The van der Waals surface area contributed by atoms with E-state index in [0.717, 1.165) is 0 Å².